The third-order valence-electron chi connectivity index (χ3n) is 5.90. The fourth-order valence-electron chi connectivity index (χ4n) is 4.14. The zero-order valence-corrected chi connectivity index (χ0v) is 20.8. The van der Waals surface area contributed by atoms with E-state index in [0.29, 0.717) is 22.6 Å². The highest BCUT2D eigenvalue weighted by atomic mass is 16.5. The van der Waals surface area contributed by atoms with Crippen LogP contribution in [0.5, 0.6) is 5.75 Å². The first-order valence-corrected chi connectivity index (χ1v) is 11.6. The largest absolute Gasteiger partial charge is 0.507 e. The number of carbonyl (C=O) groups is 2. The number of hydrogen-bond acceptors (Lipinski definition) is 6. The van der Waals surface area contributed by atoms with E-state index in [0.717, 1.165) is 5.56 Å². The number of hydrogen-bond donors (Lipinski definition) is 1. The topological polar surface area (TPSA) is 92.9 Å². The molecule has 1 aliphatic heterocycles. The second kappa shape index (κ2) is 9.06. The lowest BCUT2D eigenvalue weighted by atomic mass is 9.85. The van der Waals surface area contributed by atoms with Crippen molar-refractivity contribution in [2.45, 2.75) is 59.1 Å². The van der Waals surface area contributed by atoms with Gasteiger partial charge in [-0.1, -0.05) is 50.2 Å². The number of aryl methyl sites for hydroxylation is 1. The summed E-state index contributed by atoms with van der Waals surface area (Å²) in [5.74, 6) is -0.449. The summed E-state index contributed by atoms with van der Waals surface area (Å²) in [4.78, 5) is 27.7. The molecule has 0 unspecified atom stereocenters. The van der Waals surface area contributed by atoms with Gasteiger partial charge in [0, 0.05) is 11.6 Å². The second-order valence-electron chi connectivity index (χ2n) is 10.0. The molecule has 0 spiro atoms. The molecule has 1 amide bonds. The van der Waals surface area contributed by atoms with E-state index in [1.54, 1.807) is 37.3 Å². The number of nitrogens with zero attached hydrogens (tertiary/aromatic N) is 2. The molecule has 3 aromatic rings. The molecule has 1 aromatic heterocycles. The number of rotatable bonds is 5. The van der Waals surface area contributed by atoms with Crippen LogP contribution >= 0.6 is 0 Å². The van der Waals surface area contributed by atoms with Crippen molar-refractivity contribution in [3.05, 3.63) is 82.6 Å². The number of aromatic nitrogens is 1. The van der Waals surface area contributed by atoms with Gasteiger partial charge in [-0.3, -0.25) is 14.5 Å². The first-order valence-electron chi connectivity index (χ1n) is 11.6. The predicted octanol–water partition coefficient (Wildman–Crippen LogP) is 5.69. The van der Waals surface area contributed by atoms with Gasteiger partial charge in [-0.15, -0.1) is 0 Å². The Hall–Kier alpha value is -3.87. The van der Waals surface area contributed by atoms with E-state index >= 15 is 0 Å². The average molecular weight is 475 g/mol. The third kappa shape index (κ3) is 4.71. The van der Waals surface area contributed by atoms with Crippen molar-refractivity contribution < 1.29 is 24.0 Å². The Morgan fingerprint density at radius 1 is 1.06 bits per heavy atom. The van der Waals surface area contributed by atoms with Crippen molar-refractivity contribution >= 4 is 23.3 Å². The summed E-state index contributed by atoms with van der Waals surface area (Å²) in [6, 6.07) is 15.2. The zero-order chi connectivity index (χ0) is 25.5. The van der Waals surface area contributed by atoms with Crippen molar-refractivity contribution in [2.24, 2.45) is 0 Å². The van der Waals surface area contributed by atoms with Crippen molar-refractivity contribution in [1.29, 1.82) is 0 Å². The Labute approximate surface area is 205 Å². The summed E-state index contributed by atoms with van der Waals surface area (Å²) in [5.41, 5.74) is 2.13. The van der Waals surface area contributed by atoms with Crippen LogP contribution in [0.3, 0.4) is 0 Å². The smallest absolute Gasteiger partial charge is 0.301 e. The lowest BCUT2D eigenvalue weighted by Gasteiger charge is -2.24. The van der Waals surface area contributed by atoms with Crippen molar-refractivity contribution in [3.8, 4) is 5.75 Å². The molecule has 0 radical (unpaired) electrons. The van der Waals surface area contributed by atoms with Crippen molar-refractivity contribution in [1.82, 2.24) is 5.16 Å². The van der Waals surface area contributed by atoms with Gasteiger partial charge in [0.25, 0.3) is 5.78 Å². The zero-order valence-electron chi connectivity index (χ0n) is 20.8. The minimum Gasteiger partial charge on any atom is -0.507 e. The molecular weight excluding hydrogens is 444 g/mol. The van der Waals surface area contributed by atoms with Gasteiger partial charge in [0.05, 0.1) is 17.7 Å². The Kier molecular flexibility index (Phi) is 6.28. The maximum Gasteiger partial charge on any atom is 0.301 e. The summed E-state index contributed by atoms with van der Waals surface area (Å²) >= 11 is 0. The van der Waals surface area contributed by atoms with E-state index in [-0.39, 0.29) is 28.7 Å². The number of carbonyl (C=O) groups excluding carboxylic acids is 2. The van der Waals surface area contributed by atoms with Crippen LogP contribution in [0, 0.1) is 6.92 Å². The van der Waals surface area contributed by atoms with Crippen molar-refractivity contribution in [2.75, 3.05) is 4.90 Å². The molecule has 2 heterocycles. The molecule has 1 N–H and O–H groups in total. The van der Waals surface area contributed by atoms with E-state index in [9.17, 15) is 14.7 Å². The van der Waals surface area contributed by atoms with Gasteiger partial charge in [0.15, 0.2) is 5.82 Å². The molecule has 1 saturated heterocycles. The number of anilines is 1. The van der Waals surface area contributed by atoms with Crippen LogP contribution in [0.2, 0.25) is 0 Å². The Morgan fingerprint density at radius 2 is 1.69 bits per heavy atom. The van der Waals surface area contributed by atoms with E-state index in [1.165, 1.54) is 4.90 Å². The quantitative estimate of drug-likeness (QED) is 0.290. The van der Waals surface area contributed by atoms with E-state index < -0.39 is 17.7 Å². The first kappa shape index (κ1) is 24.3. The number of aliphatic hydroxyl groups excluding tert-OH is 1. The molecule has 1 fully saturated rings. The minimum atomic E-state index is -0.861. The lowest BCUT2D eigenvalue weighted by Crippen LogP contribution is -2.29. The van der Waals surface area contributed by atoms with Crippen LogP contribution in [0.15, 0.2) is 64.7 Å². The fourth-order valence-corrected chi connectivity index (χ4v) is 4.14. The first-order chi connectivity index (χ1) is 16.5. The number of amides is 1. The molecular formula is C28H30N2O5. The van der Waals surface area contributed by atoms with Gasteiger partial charge in [0.1, 0.15) is 17.3 Å². The molecule has 1 atom stereocenters. The van der Waals surface area contributed by atoms with Crippen molar-refractivity contribution in [3.63, 3.8) is 0 Å². The monoisotopic (exact) mass is 474 g/mol. The van der Waals surface area contributed by atoms with Gasteiger partial charge in [-0.25, -0.2) is 0 Å². The van der Waals surface area contributed by atoms with Crippen LogP contribution < -0.4 is 9.64 Å². The number of benzene rings is 2. The summed E-state index contributed by atoms with van der Waals surface area (Å²) in [5, 5.41) is 15.2. The van der Waals surface area contributed by atoms with E-state index in [2.05, 4.69) is 25.9 Å². The molecule has 35 heavy (non-hydrogen) atoms. The normalized spacial score (nSPS) is 17.9. The Balaban J connectivity index is 1.85. The molecule has 4 rings (SSSR count). The van der Waals surface area contributed by atoms with Gasteiger partial charge >= 0.3 is 5.91 Å². The van der Waals surface area contributed by atoms with Crippen LogP contribution in [0.25, 0.3) is 5.76 Å². The maximum absolute atomic E-state index is 13.2. The highest BCUT2D eigenvalue weighted by Crippen LogP contribution is 2.42. The fraction of sp³-hybridized carbons (Fsp3) is 0.321. The van der Waals surface area contributed by atoms with Crippen LogP contribution in [0.4, 0.5) is 5.82 Å². The minimum absolute atomic E-state index is 0.00163. The lowest BCUT2D eigenvalue weighted by molar-refractivity contribution is -0.132. The van der Waals surface area contributed by atoms with E-state index in [4.69, 9.17) is 9.26 Å². The van der Waals surface area contributed by atoms with Crippen LogP contribution in [-0.2, 0) is 15.0 Å². The maximum atomic E-state index is 13.2. The molecule has 0 saturated carbocycles. The molecule has 7 nitrogen and oxygen atoms in total. The van der Waals surface area contributed by atoms with E-state index in [1.807, 2.05) is 38.1 Å². The summed E-state index contributed by atoms with van der Waals surface area (Å²) < 4.78 is 10.9. The number of ether oxygens (including phenoxy) is 1. The predicted molar refractivity (Wildman–Crippen MR) is 133 cm³/mol. The molecule has 2 aromatic carbocycles. The van der Waals surface area contributed by atoms with Gasteiger partial charge in [-0.2, -0.15) is 0 Å². The van der Waals surface area contributed by atoms with Gasteiger partial charge in [-0.05, 0) is 61.6 Å². The van der Waals surface area contributed by atoms with Crippen LogP contribution in [0.1, 0.15) is 63.1 Å². The number of Topliss-reactive ketones (excluding diaryl/α,β-unsaturated/α-hetero) is 1. The second-order valence-corrected chi connectivity index (χ2v) is 10.0. The van der Waals surface area contributed by atoms with Gasteiger partial charge < -0.3 is 14.4 Å². The average Bonchev–Trinajstić information content (AvgIpc) is 3.33. The SMILES string of the molecule is Cc1cc(N2C(=O)C(=O)/C(=C(/O)c3ccc(OC(C)C)cc3)[C@H]2c2ccc(C(C)(C)C)cc2)no1. The molecule has 0 bridgehead atoms. The molecule has 182 valence electrons. The molecule has 7 heteroatoms. The summed E-state index contributed by atoms with van der Waals surface area (Å²) in [6.45, 7) is 11.9. The standard InChI is InChI=1S/C28H30N2O5/c1-16(2)34-21-13-9-19(10-14-21)25(31)23-24(18-7-11-20(12-8-18)28(4,5)6)30(27(33)26(23)32)22-15-17(3)35-29-22/h7-16,24,31H,1-6H3/b25-23+/t24-/m1/s1. The van der Waals surface area contributed by atoms with Gasteiger partial charge in [0.2, 0.25) is 0 Å². The summed E-state index contributed by atoms with van der Waals surface area (Å²) in [6.07, 6.45) is 0.00163. The number of ketones is 1. The summed E-state index contributed by atoms with van der Waals surface area (Å²) in [7, 11) is 0. The highest BCUT2D eigenvalue weighted by Gasteiger charge is 2.48. The molecule has 0 aliphatic carbocycles. The Morgan fingerprint density at radius 3 is 2.20 bits per heavy atom. The third-order valence-corrected chi connectivity index (χ3v) is 5.90. The van der Waals surface area contributed by atoms with Crippen LogP contribution in [-0.4, -0.2) is 28.1 Å². The molecule has 1 aliphatic rings. The highest BCUT2D eigenvalue weighted by molar-refractivity contribution is 6.51. The Bertz CT molecular complexity index is 1280. The number of aliphatic hydroxyl groups is 1.